The number of para-hydroxylation sites is 2. The fourth-order valence-electron chi connectivity index (χ4n) is 4.39. The number of rotatable bonds is 2. The molecule has 0 amide bonds. The molecule has 0 spiro atoms. The quantitative estimate of drug-likeness (QED) is 0.690. The molecule has 7 nitrogen and oxygen atoms in total. The number of aryl methyl sites for hydroxylation is 2. The monoisotopic (exact) mass is 362 g/mol. The molecule has 2 fully saturated rings. The third-order valence-corrected chi connectivity index (χ3v) is 5.78. The molecule has 5 rings (SSSR count). The Morgan fingerprint density at radius 1 is 0.889 bits per heavy atom. The maximum atomic E-state index is 11.6. The van der Waals surface area contributed by atoms with Gasteiger partial charge in [0.2, 0.25) is 0 Å². The van der Waals surface area contributed by atoms with Gasteiger partial charge >= 0.3 is 0 Å². The molecule has 7 heteroatoms. The molecule has 138 valence electrons. The lowest BCUT2D eigenvalue weighted by atomic mass is 10.0. The van der Waals surface area contributed by atoms with Gasteiger partial charge in [-0.3, -0.25) is 4.79 Å². The van der Waals surface area contributed by atoms with Crippen molar-refractivity contribution in [2.45, 2.75) is 6.92 Å². The zero-order chi connectivity index (χ0) is 18.5. The smallest absolute Gasteiger partial charge is 0.266 e. The van der Waals surface area contributed by atoms with E-state index in [1.165, 1.54) is 4.68 Å². The topological polar surface area (TPSA) is 67.2 Å². The van der Waals surface area contributed by atoms with Gasteiger partial charge in [0.1, 0.15) is 5.82 Å². The Bertz CT molecular complexity index is 1060. The van der Waals surface area contributed by atoms with E-state index in [-0.39, 0.29) is 5.56 Å². The summed E-state index contributed by atoms with van der Waals surface area (Å²) in [5.74, 6) is 3.06. The van der Waals surface area contributed by atoms with Crippen molar-refractivity contribution in [1.29, 1.82) is 0 Å². The first kappa shape index (κ1) is 16.2. The van der Waals surface area contributed by atoms with Crippen molar-refractivity contribution >= 4 is 22.7 Å². The predicted molar refractivity (Wildman–Crippen MR) is 105 cm³/mol. The van der Waals surface area contributed by atoms with Crippen molar-refractivity contribution < 1.29 is 0 Å². The van der Waals surface area contributed by atoms with E-state index in [0.717, 1.165) is 54.5 Å². The molecule has 0 saturated carbocycles. The van der Waals surface area contributed by atoms with Crippen LogP contribution in [0.25, 0.3) is 11.0 Å². The Hall–Kier alpha value is -2.96. The predicted octanol–water partition coefficient (Wildman–Crippen LogP) is 1.60. The van der Waals surface area contributed by atoms with Gasteiger partial charge in [-0.05, 0) is 25.1 Å². The van der Waals surface area contributed by atoms with Crippen molar-refractivity contribution in [1.82, 2.24) is 19.7 Å². The summed E-state index contributed by atoms with van der Waals surface area (Å²) in [6.07, 6.45) is 0. The number of benzene rings is 1. The van der Waals surface area contributed by atoms with Gasteiger partial charge in [-0.2, -0.15) is 5.10 Å². The minimum atomic E-state index is -0.0744. The molecule has 2 aliphatic heterocycles. The lowest BCUT2D eigenvalue weighted by Gasteiger charge is -2.24. The van der Waals surface area contributed by atoms with Crippen LogP contribution in [0.2, 0.25) is 0 Å². The number of aromatic nitrogens is 4. The molecular weight excluding hydrogens is 340 g/mol. The van der Waals surface area contributed by atoms with Gasteiger partial charge in [-0.1, -0.05) is 12.1 Å². The average Bonchev–Trinajstić information content (AvgIpc) is 3.22. The Kier molecular flexibility index (Phi) is 3.63. The third kappa shape index (κ3) is 2.74. The van der Waals surface area contributed by atoms with Gasteiger partial charge in [0, 0.05) is 51.1 Å². The molecule has 2 aromatic heterocycles. The number of hydrogen-bond acceptors (Lipinski definition) is 6. The fourth-order valence-corrected chi connectivity index (χ4v) is 4.39. The molecule has 0 aliphatic carbocycles. The molecule has 2 aliphatic rings. The van der Waals surface area contributed by atoms with E-state index in [1.54, 1.807) is 13.1 Å². The van der Waals surface area contributed by atoms with Gasteiger partial charge in [-0.15, -0.1) is 0 Å². The standard InChI is InChI=1S/C20H22N6O/c1-13-20(22-17-6-4-3-5-16(17)21-13)26-11-14-9-25(10-15(14)12-26)18-7-8-19(27)24(2)23-18/h3-8,14-15H,9-12H2,1-2H3. The second-order valence-corrected chi connectivity index (χ2v) is 7.60. The van der Waals surface area contributed by atoms with Crippen LogP contribution in [0.15, 0.2) is 41.2 Å². The second-order valence-electron chi connectivity index (χ2n) is 7.60. The molecule has 0 radical (unpaired) electrons. The van der Waals surface area contributed by atoms with Crippen molar-refractivity contribution in [2.75, 3.05) is 36.0 Å². The number of nitrogens with zero attached hydrogens (tertiary/aromatic N) is 6. The van der Waals surface area contributed by atoms with E-state index in [4.69, 9.17) is 9.97 Å². The summed E-state index contributed by atoms with van der Waals surface area (Å²) in [7, 11) is 1.70. The highest BCUT2D eigenvalue weighted by Gasteiger charge is 2.41. The highest BCUT2D eigenvalue weighted by molar-refractivity contribution is 5.76. The second kappa shape index (κ2) is 6.04. The molecule has 3 aromatic rings. The van der Waals surface area contributed by atoms with E-state index in [1.807, 2.05) is 37.3 Å². The zero-order valence-corrected chi connectivity index (χ0v) is 15.5. The van der Waals surface area contributed by atoms with Crippen molar-refractivity contribution in [2.24, 2.45) is 18.9 Å². The van der Waals surface area contributed by atoms with Crippen LogP contribution >= 0.6 is 0 Å². The molecule has 0 bridgehead atoms. The zero-order valence-electron chi connectivity index (χ0n) is 15.5. The molecule has 0 N–H and O–H groups in total. The maximum Gasteiger partial charge on any atom is 0.266 e. The van der Waals surface area contributed by atoms with Crippen LogP contribution in [0.1, 0.15) is 5.69 Å². The maximum absolute atomic E-state index is 11.6. The van der Waals surface area contributed by atoms with Crippen LogP contribution in [0.3, 0.4) is 0 Å². The van der Waals surface area contributed by atoms with Crippen LogP contribution in [0.5, 0.6) is 0 Å². The molecular formula is C20H22N6O. The van der Waals surface area contributed by atoms with Gasteiger partial charge < -0.3 is 9.80 Å². The molecule has 2 saturated heterocycles. The van der Waals surface area contributed by atoms with Crippen molar-refractivity contribution in [3.05, 3.63) is 52.4 Å². The van der Waals surface area contributed by atoms with Crippen molar-refractivity contribution in [3.8, 4) is 0 Å². The average molecular weight is 362 g/mol. The van der Waals surface area contributed by atoms with E-state index in [9.17, 15) is 4.79 Å². The van der Waals surface area contributed by atoms with Crippen LogP contribution in [-0.4, -0.2) is 45.9 Å². The summed E-state index contributed by atoms with van der Waals surface area (Å²) in [5, 5.41) is 4.40. The largest absolute Gasteiger partial charge is 0.354 e. The van der Waals surface area contributed by atoms with Crippen LogP contribution < -0.4 is 15.4 Å². The van der Waals surface area contributed by atoms with Crippen LogP contribution in [-0.2, 0) is 7.05 Å². The van der Waals surface area contributed by atoms with E-state index >= 15 is 0 Å². The Morgan fingerprint density at radius 2 is 1.52 bits per heavy atom. The Morgan fingerprint density at radius 3 is 2.19 bits per heavy atom. The van der Waals surface area contributed by atoms with E-state index in [2.05, 4.69) is 14.9 Å². The molecule has 1 aromatic carbocycles. The number of hydrogen-bond donors (Lipinski definition) is 0. The van der Waals surface area contributed by atoms with Gasteiger partial charge in [0.05, 0.1) is 16.7 Å². The first-order valence-electron chi connectivity index (χ1n) is 9.36. The third-order valence-electron chi connectivity index (χ3n) is 5.78. The Labute approximate surface area is 157 Å². The molecule has 2 unspecified atom stereocenters. The van der Waals surface area contributed by atoms with E-state index in [0.29, 0.717) is 11.8 Å². The lowest BCUT2D eigenvalue weighted by molar-refractivity contribution is 0.533. The minimum Gasteiger partial charge on any atom is -0.354 e. The highest BCUT2D eigenvalue weighted by Crippen LogP contribution is 2.35. The normalized spacial score (nSPS) is 21.9. The number of anilines is 2. The van der Waals surface area contributed by atoms with E-state index < -0.39 is 0 Å². The molecule has 4 heterocycles. The first-order chi connectivity index (χ1) is 13.1. The number of fused-ring (bicyclic) bond motifs is 2. The Balaban J connectivity index is 1.36. The lowest BCUT2D eigenvalue weighted by Crippen LogP contribution is -2.31. The molecule has 27 heavy (non-hydrogen) atoms. The van der Waals surface area contributed by atoms with Gasteiger partial charge in [0.25, 0.3) is 5.56 Å². The summed E-state index contributed by atoms with van der Waals surface area (Å²) >= 11 is 0. The molecule has 2 atom stereocenters. The van der Waals surface area contributed by atoms with Gasteiger partial charge in [-0.25, -0.2) is 14.6 Å². The van der Waals surface area contributed by atoms with Gasteiger partial charge in [0.15, 0.2) is 5.82 Å². The van der Waals surface area contributed by atoms with Crippen LogP contribution in [0.4, 0.5) is 11.6 Å². The highest BCUT2D eigenvalue weighted by atomic mass is 16.1. The van der Waals surface area contributed by atoms with Crippen LogP contribution in [0, 0.1) is 18.8 Å². The summed E-state index contributed by atoms with van der Waals surface area (Å²) in [5.41, 5.74) is 2.82. The first-order valence-corrected chi connectivity index (χ1v) is 9.36. The summed E-state index contributed by atoms with van der Waals surface area (Å²) in [4.78, 5) is 25.9. The minimum absolute atomic E-state index is 0.0744. The fraction of sp³-hybridized carbons (Fsp3) is 0.400. The summed E-state index contributed by atoms with van der Waals surface area (Å²) in [6.45, 7) is 5.95. The summed E-state index contributed by atoms with van der Waals surface area (Å²) in [6, 6.07) is 11.5. The van der Waals surface area contributed by atoms with Crippen molar-refractivity contribution in [3.63, 3.8) is 0 Å². The SMILES string of the molecule is Cc1nc2ccccc2nc1N1CC2CN(c3ccc(=O)n(C)n3)CC2C1. The summed E-state index contributed by atoms with van der Waals surface area (Å²) < 4.78 is 1.41.